The van der Waals surface area contributed by atoms with Crippen molar-refractivity contribution in [3.05, 3.63) is 29.8 Å². The van der Waals surface area contributed by atoms with E-state index in [1.165, 1.54) is 6.07 Å². The first-order valence-electron chi connectivity index (χ1n) is 8.74. The topological polar surface area (TPSA) is 48.0 Å². The van der Waals surface area contributed by atoms with Crippen molar-refractivity contribution in [3.63, 3.8) is 0 Å². The Labute approximate surface area is 150 Å². The fourth-order valence-corrected chi connectivity index (χ4v) is 3.79. The molecule has 5 nitrogen and oxygen atoms in total. The molecule has 0 aromatic heterocycles. The number of rotatable bonds is 1. The number of amides is 1. The lowest BCUT2D eigenvalue weighted by atomic mass is 9.94. The third kappa shape index (κ3) is 3.10. The van der Waals surface area contributed by atoms with Crippen LogP contribution in [0.2, 0.25) is 0 Å². The molecule has 1 aromatic carbocycles. The molecule has 2 bridgehead atoms. The Hall–Kier alpha value is -2.31. The van der Waals surface area contributed by atoms with Gasteiger partial charge in [-0.2, -0.15) is 0 Å². The van der Waals surface area contributed by atoms with Gasteiger partial charge in [-0.25, -0.2) is 4.79 Å². The molecule has 0 saturated carbocycles. The Morgan fingerprint density at radius 1 is 1.23 bits per heavy atom. The molecule has 3 aliphatic rings. The van der Waals surface area contributed by atoms with E-state index in [1.54, 1.807) is 17.0 Å². The lowest BCUT2D eigenvalue weighted by Crippen LogP contribution is -2.45. The molecule has 4 rings (SSSR count). The van der Waals surface area contributed by atoms with E-state index in [0.29, 0.717) is 6.42 Å². The van der Waals surface area contributed by atoms with Crippen LogP contribution in [0.5, 0.6) is 11.5 Å². The summed E-state index contributed by atoms with van der Waals surface area (Å²) in [5.74, 6) is 0.0730. The van der Waals surface area contributed by atoms with Crippen molar-refractivity contribution in [1.82, 2.24) is 4.90 Å². The van der Waals surface area contributed by atoms with Crippen LogP contribution in [-0.4, -0.2) is 35.0 Å². The van der Waals surface area contributed by atoms with Crippen LogP contribution < -0.4 is 9.47 Å². The highest BCUT2D eigenvalue weighted by Gasteiger charge is 2.44. The fraction of sp³-hybridized carbons (Fsp3) is 0.526. The number of carbonyl (C=O) groups excluding carboxylic acids is 1. The lowest BCUT2D eigenvalue weighted by Gasteiger charge is -2.35. The molecule has 0 aliphatic carbocycles. The zero-order chi connectivity index (χ0) is 18.7. The van der Waals surface area contributed by atoms with Gasteiger partial charge in [0.15, 0.2) is 11.5 Å². The van der Waals surface area contributed by atoms with E-state index in [-0.39, 0.29) is 29.7 Å². The molecule has 0 radical (unpaired) electrons. The molecule has 3 heterocycles. The molecule has 1 aromatic rings. The Morgan fingerprint density at radius 3 is 2.65 bits per heavy atom. The molecule has 2 unspecified atom stereocenters. The van der Waals surface area contributed by atoms with Crippen LogP contribution in [-0.2, 0) is 4.74 Å². The Kier molecular flexibility index (Phi) is 3.68. The van der Waals surface area contributed by atoms with Gasteiger partial charge >= 0.3 is 12.4 Å². The summed E-state index contributed by atoms with van der Waals surface area (Å²) in [7, 11) is 0. The van der Waals surface area contributed by atoms with E-state index in [1.807, 2.05) is 26.8 Å². The molecule has 26 heavy (non-hydrogen) atoms. The largest absolute Gasteiger partial charge is 0.586 e. The Morgan fingerprint density at radius 2 is 1.96 bits per heavy atom. The minimum absolute atomic E-state index is 0.0357. The number of hydrogen-bond acceptors (Lipinski definition) is 4. The molecule has 140 valence electrons. The van der Waals surface area contributed by atoms with E-state index < -0.39 is 11.9 Å². The molecular formula is C19H21F2NO4. The van der Waals surface area contributed by atoms with Gasteiger partial charge in [0, 0.05) is 6.04 Å². The van der Waals surface area contributed by atoms with Crippen molar-refractivity contribution >= 4 is 11.7 Å². The van der Waals surface area contributed by atoms with E-state index in [4.69, 9.17) is 4.74 Å². The first-order chi connectivity index (χ1) is 12.1. The second kappa shape index (κ2) is 5.59. The normalized spacial score (nSPS) is 25.9. The number of hydrogen-bond donors (Lipinski definition) is 0. The summed E-state index contributed by atoms with van der Waals surface area (Å²) >= 11 is 0. The third-order valence-electron chi connectivity index (χ3n) is 4.77. The summed E-state index contributed by atoms with van der Waals surface area (Å²) in [6.07, 6.45) is 0.539. The number of alkyl halides is 2. The summed E-state index contributed by atoms with van der Waals surface area (Å²) < 4.78 is 40.9. The van der Waals surface area contributed by atoms with Gasteiger partial charge in [0.2, 0.25) is 0 Å². The predicted octanol–water partition coefficient (Wildman–Crippen LogP) is 4.56. The number of nitrogens with zero attached hydrogens (tertiary/aromatic N) is 1. The molecule has 0 N–H and O–H groups in total. The number of benzene rings is 1. The van der Waals surface area contributed by atoms with Crippen molar-refractivity contribution in [3.8, 4) is 11.5 Å². The van der Waals surface area contributed by atoms with Crippen LogP contribution >= 0.6 is 0 Å². The maximum Gasteiger partial charge on any atom is 0.586 e. The summed E-state index contributed by atoms with van der Waals surface area (Å²) in [6, 6.07) is 4.84. The van der Waals surface area contributed by atoms with Crippen LogP contribution in [0.1, 0.15) is 45.6 Å². The van der Waals surface area contributed by atoms with Crippen molar-refractivity contribution in [2.24, 2.45) is 0 Å². The van der Waals surface area contributed by atoms with E-state index >= 15 is 0 Å². The van der Waals surface area contributed by atoms with Crippen LogP contribution in [0.25, 0.3) is 5.57 Å². The van der Waals surface area contributed by atoms with Gasteiger partial charge in [0.05, 0.1) is 6.04 Å². The molecule has 2 atom stereocenters. The van der Waals surface area contributed by atoms with Crippen molar-refractivity contribution < 1.29 is 27.8 Å². The van der Waals surface area contributed by atoms with Crippen LogP contribution in [0, 0.1) is 0 Å². The van der Waals surface area contributed by atoms with Crippen LogP contribution in [0.15, 0.2) is 24.3 Å². The number of ether oxygens (including phenoxy) is 3. The molecule has 3 aliphatic heterocycles. The number of fused-ring (bicyclic) bond motifs is 3. The average Bonchev–Trinajstić information content (AvgIpc) is 2.96. The average molecular weight is 365 g/mol. The van der Waals surface area contributed by atoms with Gasteiger partial charge in [-0.15, -0.1) is 8.78 Å². The van der Waals surface area contributed by atoms with E-state index in [9.17, 15) is 13.6 Å². The SMILES string of the molecule is CC(C)(C)OC(=O)N1C2C=C(c3ccc4c(c3)OC(F)(F)O4)CC1CC2. The third-order valence-corrected chi connectivity index (χ3v) is 4.77. The molecular weight excluding hydrogens is 344 g/mol. The van der Waals surface area contributed by atoms with Crippen molar-refractivity contribution in [2.75, 3.05) is 0 Å². The first kappa shape index (κ1) is 17.1. The molecule has 1 saturated heterocycles. The zero-order valence-corrected chi connectivity index (χ0v) is 14.9. The summed E-state index contributed by atoms with van der Waals surface area (Å²) in [5.41, 5.74) is 1.30. The smallest absolute Gasteiger partial charge is 0.444 e. The second-order valence-electron chi connectivity index (χ2n) is 7.91. The number of carbonyl (C=O) groups is 1. The van der Waals surface area contributed by atoms with Crippen LogP contribution in [0.3, 0.4) is 0 Å². The summed E-state index contributed by atoms with van der Waals surface area (Å²) in [5, 5.41) is 0. The van der Waals surface area contributed by atoms with Crippen molar-refractivity contribution in [1.29, 1.82) is 0 Å². The first-order valence-corrected chi connectivity index (χ1v) is 8.74. The monoisotopic (exact) mass is 365 g/mol. The molecule has 0 spiro atoms. The maximum atomic E-state index is 13.2. The zero-order valence-electron chi connectivity index (χ0n) is 14.9. The molecule has 7 heteroatoms. The standard InChI is InChI=1S/C19H21F2NO4/c1-18(2,3)26-17(23)22-13-5-6-14(22)9-12(8-13)11-4-7-15-16(10-11)25-19(20,21)24-15/h4,7-8,10,13-14H,5-6,9H2,1-3H3. The van der Waals surface area contributed by atoms with Gasteiger partial charge in [-0.3, -0.25) is 4.90 Å². The Bertz CT molecular complexity index is 784. The van der Waals surface area contributed by atoms with Gasteiger partial charge in [0.1, 0.15) is 5.60 Å². The van der Waals surface area contributed by atoms with Gasteiger partial charge in [-0.1, -0.05) is 12.1 Å². The van der Waals surface area contributed by atoms with Gasteiger partial charge in [0.25, 0.3) is 0 Å². The summed E-state index contributed by atoms with van der Waals surface area (Å²) in [6.45, 7) is 5.54. The van der Waals surface area contributed by atoms with Gasteiger partial charge < -0.3 is 14.2 Å². The maximum absolute atomic E-state index is 13.2. The quantitative estimate of drug-likeness (QED) is 0.732. The van der Waals surface area contributed by atoms with E-state index in [0.717, 1.165) is 24.0 Å². The highest BCUT2D eigenvalue weighted by Crippen LogP contribution is 2.45. The second-order valence-corrected chi connectivity index (χ2v) is 7.91. The summed E-state index contributed by atoms with van der Waals surface area (Å²) in [4.78, 5) is 14.3. The van der Waals surface area contributed by atoms with Gasteiger partial charge in [-0.05, 0) is 63.3 Å². The molecule has 1 fully saturated rings. The molecule has 1 amide bonds. The number of halogens is 2. The predicted molar refractivity (Wildman–Crippen MR) is 90.1 cm³/mol. The fourth-order valence-electron chi connectivity index (χ4n) is 3.79. The highest BCUT2D eigenvalue weighted by molar-refractivity contribution is 5.76. The Balaban J connectivity index is 1.56. The van der Waals surface area contributed by atoms with E-state index in [2.05, 4.69) is 9.47 Å². The lowest BCUT2D eigenvalue weighted by molar-refractivity contribution is -0.286. The minimum Gasteiger partial charge on any atom is -0.444 e. The highest BCUT2D eigenvalue weighted by atomic mass is 19.3. The van der Waals surface area contributed by atoms with Crippen molar-refractivity contribution in [2.45, 2.75) is 64.0 Å². The minimum atomic E-state index is -3.62. The van der Waals surface area contributed by atoms with Crippen LogP contribution in [0.4, 0.5) is 13.6 Å².